The first kappa shape index (κ1) is 17.9. The zero-order valence-corrected chi connectivity index (χ0v) is 15.8. The summed E-state index contributed by atoms with van der Waals surface area (Å²) < 4.78 is 0.737. The Morgan fingerprint density at radius 2 is 1.54 bits per heavy atom. The predicted molar refractivity (Wildman–Crippen MR) is 110 cm³/mol. The number of carbonyl (C=O) groups excluding carboxylic acids is 1. The highest BCUT2D eigenvalue weighted by atomic mass is 79.9. The minimum absolute atomic E-state index is 0.255. The molecule has 0 aromatic heterocycles. The zero-order chi connectivity index (χ0) is 18.4. The molecule has 3 aromatic rings. The van der Waals surface area contributed by atoms with Gasteiger partial charge in [0.25, 0.3) is 5.91 Å². The summed E-state index contributed by atoms with van der Waals surface area (Å²) in [5.74, 6) is -0.255. The Bertz CT molecular complexity index is 908. The molecule has 0 atom stereocenters. The van der Waals surface area contributed by atoms with E-state index >= 15 is 0 Å². The molecule has 0 aliphatic heterocycles. The van der Waals surface area contributed by atoms with Gasteiger partial charge in [0.1, 0.15) is 0 Å². The summed E-state index contributed by atoms with van der Waals surface area (Å²) in [7, 11) is 2.02. The molecule has 0 heterocycles. The molecule has 0 bridgehead atoms. The van der Waals surface area contributed by atoms with Crippen molar-refractivity contribution in [1.82, 2.24) is 5.43 Å². The van der Waals surface area contributed by atoms with Gasteiger partial charge in [-0.2, -0.15) is 5.10 Å². The summed E-state index contributed by atoms with van der Waals surface area (Å²) in [6, 6.07) is 25.3. The van der Waals surface area contributed by atoms with Crippen LogP contribution in [-0.2, 0) is 0 Å². The Hall–Kier alpha value is -2.92. The smallest absolute Gasteiger partial charge is 0.272 e. The molecule has 1 amide bonds. The molecule has 0 fully saturated rings. The van der Waals surface area contributed by atoms with Gasteiger partial charge in [-0.3, -0.25) is 4.79 Å². The van der Waals surface area contributed by atoms with Gasteiger partial charge in [-0.25, -0.2) is 5.43 Å². The van der Waals surface area contributed by atoms with Gasteiger partial charge in [0.2, 0.25) is 0 Å². The molecule has 0 spiro atoms. The van der Waals surface area contributed by atoms with Crippen LogP contribution in [0.4, 0.5) is 11.4 Å². The molecule has 0 aliphatic carbocycles. The summed E-state index contributed by atoms with van der Waals surface area (Å²) in [6.45, 7) is 0. The summed E-state index contributed by atoms with van der Waals surface area (Å²) in [5, 5.41) is 4.03. The van der Waals surface area contributed by atoms with Gasteiger partial charge in [0.15, 0.2) is 0 Å². The second-order valence-electron chi connectivity index (χ2n) is 5.67. The number of para-hydroxylation sites is 1. The topological polar surface area (TPSA) is 44.7 Å². The van der Waals surface area contributed by atoms with Crippen molar-refractivity contribution in [2.75, 3.05) is 11.9 Å². The van der Waals surface area contributed by atoms with Gasteiger partial charge in [-0.05, 0) is 57.9 Å². The van der Waals surface area contributed by atoms with Crippen molar-refractivity contribution in [2.24, 2.45) is 5.10 Å². The van der Waals surface area contributed by atoms with Gasteiger partial charge in [-0.1, -0.05) is 42.5 Å². The Morgan fingerprint density at radius 3 is 2.23 bits per heavy atom. The summed E-state index contributed by atoms with van der Waals surface area (Å²) in [4.78, 5) is 14.2. The third-order valence-corrected chi connectivity index (χ3v) is 4.61. The van der Waals surface area contributed by atoms with E-state index in [-0.39, 0.29) is 5.91 Å². The number of rotatable bonds is 5. The molecule has 1 N–H and O–H groups in total. The number of nitrogens with zero attached hydrogens (tertiary/aromatic N) is 2. The van der Waals surface area contributed by atoms with Gasteiger partial charge in [0.05, 0.1) is 11.8 Å². The lowest BCUT2D eigenvalue weighted by Crippen LogP contribution is -2.18. The maximum Gasteiger partial charge on any atom is 0.272 e. The normalized spacial score (nSPS) is 10.7. The molecule has 5 heteroatoms. The molecule has 0 radical (unpaired) electrons. The van der Waals surface area contributed by atoms with Crippen molar-refractivity contribution in [3.63, 3.8) is 0 Å². The zero-order valence-electron chi connectivity index (χ0n) is 14.3. The Morgan fingerprint density at radius 1 is 0.923 bits per heavy atom. The van der Waals surface area contributed by atoms with Crippen LogP contribution in [0.15, 0.2) is 88.4 Å². The summed E-state index contributed by atoms with van der Waals surface area (Å²) in [5.41, 5.74) is 6.19. The molecule has 4 nitrogen and oxygen atoms in total. The van der Waals surface area contributed by atoms with Crippen LogP contribution in [0.25, 0.3) is 0 Å². The van der Waals surface area contributed by atoms with Crippen LogP contribution in [-0.4, -0.2) is 19.2 Å². The molecule has 3 rings (SSSR count). The molecule has 0 saturated carbocycles. The summed E-state index contributed by atoms with van der Waals surface area (Å²) >= 11 is 3.36. The van der Waals surface area contributed by atoms with E-state index in [4.69, 9.17) is 0 Å². The quantitative estimate of drug-likeness (QED) is 0.478. The van der Waals surface area contributed by atoms with E-state index in [1.807, 2.05) is 67.7 Å². The van der Waals surface area contributed by atoms with Crippen molar-refractivity contribution in [2.45, 2.75) is 0 Å². The van der Waals surface area contributed by atoms with Crippen LogP contribution in [0.1, 0.15) is 15.9 Å². The highest BCUT2D eigenvalue weighted by molar-refractivity contribution is 9.10. The van der Waals surface area contributed by atoms with Crippen molar-refractivity contribution >= 4 is 39.4 Å². The van der Waals surface area contributed by atoms with Gasteiger partial charge < -0.3 is 4.90 Å². The highest BCUT2D eigenvalue weighted by Gasteiger charge is 2.07. The van der Waals surface area contributed by atoms with Crippen LogP contribution in [0, 0.1) is 0 Å². The number of halogens is 1. The number of hydrogen-bond donors (Lipinski definition) is 1. The molecular weight excluding hydrogens is 390 g/mol. The van der Waals surface area contributed by atoms with Crippen LogP contribution in [0.5, 0.6) is 0 Å². The van der Waals surface area contributed by atoms with E-state index in [1.165, 1.54) is 0 Å². The Kier molecular flexibility index (Phi) is 5.81. The van der Waals surface area contributed by atoms with Gasteiger partial charge in [0, 0.05) is 22.9 Å². The molecule has 26 heavy (non-hydrogen) atoms. The van der Waals surface area contributed by atoms with Crippen LogP contribution in [0.3, 0.4) is 0 Å². The second kappa shape index (κ2) is 8.45. The van der Waals surface area contributed by atoms with E-state index in [1.54, 1.807) is 12.3 Å². The lowest BCUT2D eigenvalue weighted by molar-refractivity contribution is 0.0954. The van der Waals surface area contributed by atoms with E-state index < -0.39 is 0 Å². The minimum atomic E-state index is -0.255. The number of hydrogen-bond acceptors (Lipinski definition) is 3. The lowest BCUT2D eigenvalue weighted by atomic mass is 10.2. The number of nitrogens with one attached hydrogen (secondary N) is 1. The first-order chi connectivity index (χ1) is 12.6. The fourth-order valence-electron chi connectivity index (χ4n) is 2.46. The van der Waals surface area contributed by atoms with E-state index in [0.717, 1.165) is 21.4 Å². The van der Waals surface area contributed by atoms with E-state index in [2.05, 4.69) is 43.5 Å². The maximum atomic E-state index is 12.1. The number of hydrazone groups is 1. The molecule has 3 aromatic carbocycles. The molecule has 0 saturated heterocycles. The monoisotopic (exact) mass is 407 g/mol. The van der Waals surface area contributed by atoms with Crippen molar-refractivity contribution in [3.8, 4) is 0 Å². The number of carbonyl (C=O) groups is 1. The third-order valence-electron chi connectivity index (χ3n) is 3.92. The van der Waals surface area contributed by atoms with Crippen LogP contribution in [0.2, 0.25) is 0 Å². The van der Waals surface area contributed by atoms with E-state index in [9.17, 15) is 4.79 Å². The SMILES string of the molecule is CN(c1ccccc1)c1ccc(C=NNC(=O)c2ccccc2Br)cc1. The fourth-order valence-corrected chi connectivity index (χ4v) is 2.92. The predicted octanol–water partition coefficient (Wildman–Crippen LogP) is 4.98. The first-order valence-electron chi connectivity index (χ1n) is 8.12. The second-order valence-corrected chi connectivity index (χ2v) is 6.52. The average Bonchev–Trinajstić information content (AvgIpc) is 2.69. The van der Waals surface area contributed by atoms with Crippen molar-refractivity contribution < 1.29 is 4.79 Å². The largest absolute Gasteiger partial charge is 0.345 e. The molecule has 0 aliphatic rings. The van der Waals surface area contributed by atoms with Gasteiger partial charge in [-0.15, -0.1) is 0 Å². The Labute approximate surface area is 161 Å². The molecule has 0 unspecified atom stereocenters. The van der Waals surface area contributed by atoms with Crippen molar-refractivity contribution in [3.05, 3.63) is 94.5 Å². The highest BCUT2D eigenvalue weighted by Crippen LogP contribution is 2.23. The molecular formula is C21H18BrN3O. The number of benzene rings is 3. The maximum absolute atomic E-state index is 12.1. The lowest BCUT2D eigenvalue weighted by Gasteiger charge is -2.19. The van der Waals surface area contributed by atoms with Crippen molar-refractivity contribution in [1.29, 1.82) is 0 Å². The molecule has 130 valence electrons. The standard InChI is InChI=1S/C21H18BrN3O/c1-25(17-7-3-2-4-8-17)18-13-11-16(12-14-18)15-23-24-21(26)19-9-5-6-10-20(19)22/h2-15H,1H3,(H,24,26). The van der Waals surface area contributed by atoms with Gasteiger partial charge >= 0.3 is 0 Å². The Balaban J connectivity index is 1.63. The van der Waals surface area contributed by atoms with E-state index in [0.29, 0.717) is 5.56 Å². The first-order valence-corrected chi connectivity index (χ1v) is 8.91. The third kappa shape index (κ3) is 4.37. The van der Waals surface area contributed by atoms with Crippen LogP contribution >= 0.6 is 15.9 Å². The summed E-state index contributed by atoms with van der Waals surface area (Å²) in [6.07, 6.45) is 1.63. The van der Waals surface area contributed by atoms with Crippen LogP contribution < -0.4 is 10.3 Å². The minimum Gasteiger partial charge on any atom is -0.345 e. The number of amides is 1. The number of anilines is 2. The average molecular weight is 408 g/mol. The fraction of sp³-hybridized carbons (Fsp3) is 0.0476.